The molecule has 1 aliphatic rings. The first-order valence-corrected chi connectivity index (χ1v) is 7.87. The molecular formula is C18H17F2N3O2. The quantitative estimate of drug-likeness (QED) is 0.872. The van der Waals surface area contributed by atoms with Gasteiger partial charge < -0.3 is 15.5 Å². The molecule has 2 N–H and O–H groups in total. The number of nitrogens with zero attached hydrogens (tertiary/aromatic N) is 1. The molecule has 0 unspecified atom stereocenters. The minimum atomic E-state index is -1.05. The number of halogens is 2. The number of hydrogen-bond donors (Lipinski definition) is 2. The Morgan fingerprint density at radius 1 is 1.04 bits per heavy atom. The maximum absolute atomic E-state index is 13.1. The number of benzene rings is 2. The fourth-order valence-corrected chi connectivity index (χ4v) is 2.76. The van der Waals surface area contributed by atoms with E-state index in [1.807, 2.05) is 29.2 Å². The Labute approximate surface area is 143 Å². The molecule has 0 spiro atoms. The van der Waals surface area contributed by atoms with Crippen LogP contribution >= 0.6 is 0 Å². The van der Waals surface area contributed by atoms with Crippen molar-refractivity contribution in [3.8, 4) is 0 Å². The number of nitrogens with one attached hydrogen (secondary N) is 2. The highest BCUT2D eigenvalue weighted by molar-refractivity contribution is 5.95. The lowest BCUT2D eigenvalue weighted by molar-refractivity contribution is -0.123. The summed E-state index contributed by atoms with van der Waals surface area (Å²) in [5.41, 5.74) is 2.36. The van der Waals surface area contributed by atoms with Gasteiger partial charge in [0.25, 0.3) is 0 Å². The van der Waals surface area contributed by atoms with Gasteiger partial charge in [0, 0.05) is 24.0 Å². The topological polar surface area (TPSA) is 61.4 Å². The summed E-state index contributed by atoms with van der Waals surface area (Å²) in [6.07, 6.45) is 0.889. The molecule has 0 aromatic heterocycles. The van der Waals surface area contributed by atoms with Crippen LogP contribution in [0.3, 0.4) is 0 Å². The van der Waals surface area contributed by atoms with Crippen LogP contribution in [0, 0.1) is 11.6 Å². The summed E-state index contributed by atoms with van der Waals surface area (Å²) in [6, 6.07) is 10.9. The first-order valence-electron chi connectivity index (χ1n) is 7.87. The number of para-hydroxylation sites is 1. The van der Waals surface area contributed by atoms with E-state index >= 15 is 0 Å². The Kier molecular flexibility index (Phi) is 4.92. The fraction of sp³-hybridized carbons (Fsp3) is 0.222. The van der Waals surface area contributed by atoms with Gasteiger partial charge in [-0.2, -0.15) is 0 Å². The van der Waals surface area contributed by atoms with Crippen molar-refractivity contribution in [3.05, 3.63) is 59.7 Å². The largest absolute Gasteiger partial charge is 0.362 e. The van der Waals surface area contributed by atoms with E-state index in [0.717, 1.165) is 30.8 Å². The third kappa shape index (κ3) is 4.12. The molecule has 0 aliphatic carbocycles. The molecule has 25 heavy (non-hydrogen) atoms. The summed E-state index contributed by atoms with van der Waals surface area (Å²) in [4.78, 5) is 25.8. The van der Waals surface area contributed by atoms with Crippen molar-refractivity contribution in [3.63, 3.8) is 0 Å². The van der Waals surface area contributed by atoms with E-state index in [0.29, 0.717) is 0 Å². The smallest absolute Gasteiger partial charge is 0.243 e. The number of hydrogen-bond acceptors (Lipinski definition) is 3. The molecular weight excluding hydrogens is 328 g/mol. The van der Waals surface area contributed by atoms with Crippen molar-refractivity contribution >= 4 is 23.2 Å². The number of fused-ring (bicyclic) bond motifs is 1. The van der Waals surface area contributed by atoms with Gasteiger partial charge in [-0.25, -0.2) is 8.78 Å². The molecule has 0 saturated heterocycles. The lowest BCUT2D eigenvalue weighted by Gasteiger charge is -2.18. The molecule has 3 rings (SSSR count). The SMILES string of the molecule is O=C(CN1CCc2ccccc21)NCC(=O)Nc1ccc(F)c(F)c1. The number of carbonyl (C=O) groups excluding carboxylic acids is 2. The maximum atomic E-state index is 13.1. The summed E-state index contributed by atoms with van der Waals surface area (Å²) in [6.45, 7) is 0.677. The Morgan fingerprint density at radius 3 is 2.64 bits per heavy atom. The van der Waals surface area contributed by atoms with Crippen LogP contribution in [0.4, 0.5) is 20.2 Å². The molecule has 0 fully saturated rings. The van der Waals surface area contributed by atoms with E-state index in [-0.39, 0.29) is 24.7 Å². The van der Waals surface area contributed by atoms with Gasteiger partial charge in [0.1, 0.15) is 0 Å². The van der Waals surface area contributed by atoms with Gasteiger partial charge >= 0.3 is 0 Å². The first-order chi connectivity index (χ1) is 12.0. The summed E-state index contributed by atoms with van der Waals surface area (Å²) in [5.74, 6) is -2.83. The monoisotopic (exact) mass is 345 g/mol. The van der Waals surface area contributed by atoms with Crippen LogP contribution in [0.25, 0.3) is 0 Å². The van der Waals surface area contributed by atoms with Gasteiger partial charge in [0.05, 0.1) is 13.1 Å². The van der Waals surface area contributed by atoms with E-state index < -0.39 is 17.5 Å². The minimum Gasteiger partial charge on any atom is -0.362 e. The highest BCUT2D eigenvalue weighted by atomic mass is 19.2. The van der Waals surface area contributed by atoms with E-state index in [4.69, 9.17) is 0 Å². The van der Waals surface area contributed by atoms with E-state index in [1.165, 1.54) is 11.6 Å². The number of anilines is 2. The molecule has 1 aliphatic heterocycles. The summed E-state index contributed by atoms with van der Waals surface area (Å²) < 4.78 is 25.9. The zero-order chi connectivity index (χ0) is 17.8. The standard InChI is InChI=1S/C18H17F2N3O2/c19-14-6-5-13(9-15(14)20)22-17(24)10-21-18(25)11-23-8-7-12-3-1-2-4-16(12)23/h1-6,9H,7-8,10-11H2,(H,21,25)(H,22,24). The number of carbonyl (C=O) groups is 2. The molecule has 2 amide bonds. The number of amides is 2. The normalized spacial score (nSPS) is 12.6. The molecule has 0 bridgehead atoms. The van der Waals surface area contributed by atoms with Gasteiger partial charge in [-0.15, -0.1) is 0 Å². The van der Waals surface area contributed by atoms with Crippen molar-refractivity contribution in [2.75, 3.05) is 29.9 Å². The summed E-state index contributed by atoms with van der Waals surface area (Å²) in [7, 11) is 0. The molecule has 0 atom stereocenters. The molecule has 0 radical (unpaired) electrons. The highest BCUT2D eigenvalue weighted by Crippen LogP contribution is 2.26. The predicted molar refractivity (Wildman–Crippen MR) is 90.4 cm³/mol. The first kappa shape index (κ1) is 16.9. The Morgan fingerprint density at radius 2 is 1.84 bits per heavy atom. The van der Waals surface area contributed by atoms with Crippen LogP contribution in [0.2, 0.25) is 0 Å². The van der Waals surface area contributed by atoms with E-state index in [1.54, 1.807) is 0 Å². The molecule has 0 saturated carbocycles. The van der Waals surface area contributed by atoms with Crippen LogP contribution in [-0.2, 0) is 16.0 Å². The van der Waals surface area contributed by atoms with Gasteiger partial charge in [-0.1, -0.05) is 18.2 Å². The van der Waals surface area contributed by atoms with E-state index in [9.17, 15) is 18.4 Å². The number of rotatable bonds is 5. The lowest BCUT2D eigenvalue weighted by atomic mass is 10.2. The Bertz CT molecular complexity index is 811. The fourth-order valence-electron chi connectivity index (χ4n) is 2.76. The van der Waals surface area contributed by atoms with Crippen LogP contribution in [0.5, 0.6) is 0 Å². The molecule has 5 nitrogen and oxygen atoms in total. The predicted octanol–water partition coefficient (Wildman–Crippen LogP) is 2.08. The van der Waals surface area contributed by atoms with Crippen molar-refractivity contribution < 1.29 is 18.4 Å². The third-order valence-corrected chi connectivity index (χ3v) is 3.97. The minimum absolute atomic E-state index is 0.131. The zero-order valence-electron chi connectivity index (χ0n) is 13.4. The van der Waals surface area contributed by atoms with Gasteiger partial charge in [-0.3, -0.25) is 9.59 Å². The maximum Gasteiger partial charge on any atom is 0.243 e. The molecule has 2 aromatic carbocycles. The summed E-state index contributed by atoms with van der Waals surface area (Å²) >= 11 is 0. The van der Waals surface area contributed by atoms with Crippen LogP contribution in [-0.4, -0.2) is 31.4 Å². The van der Waals surface area contributed by atoms with Crippen molar-refractivity contribution in [1.82, 2.24) is 5.32 Å². The second-order valence-electron chi connectivity index (χ2n) is 5.75. The summed E-state index contributed by atoms with van der Waals surface area (Å²) in [5, 5.41) is 4.93. The van der Waals surface area contributed by atoms with Crippen molar-refractivity contribution in [1.29, 1.82) is 0 Å². The average molecular weight is 345 g/mol. The Balaban J connectivity index is 1.47. The van der Waals surface area contributed by atoms with Crippen LogP contribution in [0.15, 0.2) is 42.5 Å². The molecule has 1 heterocycles. The van der Waals surface area contributed by atoms with Gasteiger partial charge in [-0.05, 0) is 30.2 Å². The lowest BCUT2D eigenvalue weighted by Crippen LogP contribution is -2.40. The van der Waals surface area contributed by atoms with E-state index in [2.05, 4.69) is 10.6 Å². The molecule has 130 valence electrons. The zero-order valence-corrected chi connectivity index (χ0v) is 13.4. The van der Waals surface area contributed by atoms with Crippen molar-refractivity contribution in [2.45, 2.75) is 6.42 Å². The third-order valence-electron chi connectivity index (χ3n) is 3.97. The van der Waals surface area contributed by atoms with Crippen LogP contribution < -0.4 is 15.5 Å². The molecule has 7 heteroatoms. The Hall–Kier alpha value is -2.96. The highest BCUT2D eigenvalue weighted by Gasteiger charge is 2.20. The van der Waals surface area contributed by atoms with Crippen LogP contribution in [0.1, 0.15) is 5.56 Å². The molecule has 2 aromatic rings. The van der Waals surface area contributed by atoms with Gasteiger partial charge in [0.15, 0.2) is 11.6 Å². The van der Waals surface area contributed by atoms with Gasteiger partial charge in [0.2, 0.25) is 11.8 Å². The second kappa shape index (κ2) is 7.29. The average Bonchev–Trinajstić information content (AvgIpc) is 2.99. The second-order valence-corrected chi connectivity index (χ2v) is 5.75. The van der Waals surface area contributed by atoms with Crippen molar-refractivity contribution in [2.24, 2.45) is 0 Å².